The SMILES string of the molecule is C=C(C)CN=C(NCCc1ccco1)N1CCN(S(=O)(=O)CCOC(C)C)CC1.I. The van der Waals surface area contributed by atoms with Crippen LogP contribution in [0.5, 0.6) is 0 Å². The molecule has 0 unspecified atom stereocenters. The lowest BCUT2D eigenvalue weighted by Gasteiger charge is -2.36. The second-order valence-electron chi connectivity index (χ2n) is 7.47. The maximum absolute atomic E-state index is 12.5. The van der Waals surface area contributed by atoms with E-state index >= 15 is 0 Å². The zero-order valence-electron chi connectivity index (χ0n) is 18.2. The highest BCUT2D eigenvalue weighted by Gasteiger charge is 2.28. The third kappa shape index (κ3) is 9.36. The number of rotatable bonds is 10. The minimum absolute atomic E-state index is 0. The molecule has 1 N–H and O–H groups in total. The fourth-order valence-electron chi connectivity index (χ4n) is 2.93. The number of furan rings is 1. The van der Waals surface area contributed by atoms with Crippen LogP contribution < -0.4 is 5.32 Å². The van der Waals surface area contributed by atoms with Gasteiger partial charge in [-0.15, -0.1) is 24.0 Å². The van der Waals surface area contributed by atoms with Crippen molar-refractivity contribution in [2.45, 2.75) is 33.3 Å². The van der Waals surface area contributed by atoms with E-state index in [1.54, 1.807) is 10.6 Å². The maximum Gasteiger partial charge on any atom is 0.216 e. The van der Waals surface area contributed by atoms with Crippen LogP contribution in [0.25, 0.3) is 0 Å². The standard InChI is InChI=1S/C20H34N4O4S.HI/c1-17(2)16-22-20(21-8-7-19-6-5-13-28-19)23-9-11-24(12-10-23)29(25,26)15-14-27-18(3)4;/h5-6,13,18H,1,7-12,14-16H2,2-4H3,(H,21,22);1H. The summed E-state index contributed by atoms with van der Waals surface area (Å²) in [7, 11) is -3.31. The summed E-state index contributed by atoms with van der Waals surface area (Å²) < 4.78 is 37.4. The number of piperazine rings is 1. The molecule has 0 spiro atoms. The molecule has 0 saturated carbocycles. The van der Waals surface area contributed by atoms with E-state index in [0.717, 1.165) is 23.7 Å². The van der Waals surface area contributed by atoms with Crippen molar-refractivity contribution in [2.24, 2.45) is 4.99 Å². The molecule has 1 aliphatic heterocycles. The Morgan fingerprint density at radius 3 is 2.60 bits per heavy atom. The van der Waals surface area contributed by atoms with Crippen LogP contribution in [-0.2, 0) is 21.2 Å². The molecule has 1 aliphatic rings. The van der Waals surface area contributed by atoms with Crippen molar-refractivity contribution in [1.82, 2.24) is 14.5 Å². The Balaban J connectivity index is 0.00000450. The van der Waals surface area contributed by atoms with Crippen LogP contribution in [0.3, 0.4) is 0 Å². The number of halogens is 1. The van der Waals surface area contributed by atoms with Gasteiger partial charge >= 0.3 is 0 Å². The predicted molar refractivity (Wildman–Crippen MR) is 131 cm³/mol. The third-order valence-corrected chi connectivity index (χ3v) is 6.29. The number of guanidine groups is 1. The van der Waals surface area contributed by atoms with E-state index in [1.807, 2.05) is 32.9 Å². The number of sulfonamides is 1. The molecule has 0 amide bonds. The minimum atomic E-state index is -3.31. The lowest BCUT2D eigenvalue weighted by atomic mass is 10.3. The normalized spacial score (nSPS) is 15.9. The van der Waals surface area contributed by atoms with Crippen molar-refractivity contribution in [1.29, 1.82) is 0 Å². The van der Waals surface area contributed by atoms with Crippen molar-refractivity contribution in [3.05, 3.63) is 36.3 Å². The van der Waals surface area contributed by atoms with E-state index in [9.17, 15) is 8.42 Å². The first kappa shape index (κ1) is 26.9. The van der Waals surface area contributed by atoms with E-state index in [4.69, 9.17) is 9.15 Å². The summed E-state index contributed by atoms with van der Waals surface area (Å²) in [5.41, 5.74) is 0.974. The minimum Gasteiger partial charge on any atom is -0.469 e. The van der Waals surface area contributed by atoms with Gasteiger partial charge < -0.3 is 19.4 Å². The fourth-order valence-corrected chi connectivity index (χ4v) is 4.21. The van der Waals surface area contributed by atoms with Gasteiger partial charge in [0.15, 0.2) is 5.96 Å². The Kier molecular flexibility index (Phi) is 12.0. The predicted octanol–water partition coefficient (Wildman–Crippen LogP) is 2.33. The summed E-state index contributed by atoms with van der Waals surface area (Å²) in [6.45, 7) is 13.2. The number of nitrogens with one attached hydrogen (secondary N) is 1. The van der Waals surface area contributed by atoms with E-state index < -0.39 is 10.0 Å². The highest BCUT2D eigenvalue weighted by Crippen LogP contribution is 2.09. The first-order valence-electron chi connectivity index (χ1n) is 10.1. The van der Waals surface area contributed by atoms with E-state index in [-0.39, 0.29) is 42.4 Å². The van der Waals surface area contributed by atoms with Gasteiger partial charge in [-0.1, -0.05) is 12.2 Å². The van der Waals surface area contributed by atoms with Crippen molar-refractivity contribution < 1.29 is 17.6 Å². The smallest absolute Gasteiger partial charge is 0.216 e. The molecule has 172 valence electrons. The summed E-state index contributed by atoms with van der Waals surface area (Å²) in [6, 6.07) is 3.82. The first-order chi connectivity index (χ1) is 13.8. The van der Waals surface area contributed by atoms with Crippen LogP contribution in [0.1, 0.15) is 26.5 Å². The van der Waals surface area contributed by atoms with Gasteiger partial charge in [-0.25, -0.2) is 13.4 Å². The number of ether oxygens (including phenoxy) is 1. The van der Waals surface area contributed by atoms with E-state index in [1.165, 1.54) is 0 Å². The van der Waals surface area contributed by atoms with Crippen LogP contribution in [0, 0.1) is 0 Å². The lowest BCUT2D eigenvalue weighted by molar-refractivity contribution is 0.0904. The topological polar surface area (TPSA) is 87.4 Å². The van der Waals surface area contributed by atoms with Crippen molar-refractivity contribution in [3.63, 3.8) is 0 Å². The molecule has 0 radical (unpaired) electrons. The van der Waals surface area contributed by atoms with Crippen molar-refractivity contribution in [3.8, 4) is 0 Å². The van der Waals surface area contributed by atoms with Gasteiger partial charge in [0, 0.05) is 39.1 Å². The molecule has 0 aliphatic carbocycles. The largest absolute Gasteiger partial charge is 0.469 e. The molecular formula is C20H35IN4O4S. The second kappa shape index (κ2) is 13.3. The molecular weight excluding hydrogens is 519 g/mol. The van der Waals surface area contributed by atoms with Crippen molar-refractivity contribution in [2.75, 3.05) is 51.6 Å². The quantitative estimate of drug-likeness (QED) is 0.207. The van der Waals surface area contributed by atoms with Crippen LogP contribution in [0.15, 0.2) is 40.0 Å². The lowest BCUT2D eigenvalue weighted by Crippen LogP contribution is -2.54. The third-order valence-electron chi connectivity index (χ3n) is 4.46. The maximum atomic E-state index is 12.5. The van der Waals surface area contributed by atoms with Crippen LogP contribution in [-0.4, -0.2) is 81.3 Å². The highest BCUT2D eigenvalue weighted by atomic mass is 127. The number of hydrogen-bond donors (Lipinski definition) is 1. The van der Waals surface area contributed by atoms with E-state index in [2.05, 4.69) is 21.8 Å². The van der Waals surface area contributed by atoms with Crippen molar-refractivity contribution >= 4 is 40.0 Å². The highest BCUT2D eigenvalue weighted by molar-refractivity contribution is 14.0. The molecule has 1 saturated heterocycles. The Hall–Kier alpha value is -1.11. The Labute approximate surface area is 197 Å². The van der Waals surface area contributed by atoms with Gasteiger partial charge in [0.1, 0.15) is 5.76 Å². The molecule has 0 atom stereocenters. The monoisotopic (exact) mass is 554 g/mol. The van der Waals surface area contributed by atoms with Gasteiger partial charge in [0.05, 0.1) is 31.3 Å². The molecule has 2 heterocycles. The molecule has 30 heavy (non-hydrogen) atoms. The molecule has 0 aromatic carbocycles. The van der Waals surface area contributed by atoms with Crippen LogP contribution >= 0.6 is 24.0 Å². The summed E-state index contributed by atoms with van der Waals surface area (Å²) in [4.78, 5) is 6.73. The second-order valence-corrected chi connectivity index (χ2v) is 9.56. The van der Waals surface area contributed by atoms with Crippen LogP contribution in [0.2, 0.25) is 0 Å². The van der Waals surface area contributed by atoms with Gasteiger partial charge in [0.25, 0.3) is 0 Å². The summed E-state index contributed by atoms with van der Waals surface area (Å²) >= 11 is 0. The molecule has 1 aromatic heterocycles. The summed E-state index contributed by atoms with van der Waals surface area (Å²) in [6.07, 6.45) is 2.45. The van der Waals surface area contributed by atoms with Gasteiger partial charge in [-0.2, -0.15) is 4.31 Å². The summed E-state index contributed by atoms with van der Waals surface area (Å²) in [5.74, 6) is 1.71. The van der Waals surface area contributed by atoms with Crippen LogP contribution in [0.4, 0.5) is 0 Å². The molecule has 0 bridgehead atoms. The molecule has 8 nitrogen and oxygen atoms in total. The average Bonchev–Trinajstić information content (AvgIpc) is 3.17. The Bertz CT molecular complexity index is 758. The Morgan fingerprint density at radius 1 is 1.33 bits per heavy atom. The first-order valence-corrected chi connectivity index (χ1v) is 11.7. The van der Waals surface area contributed by atoms with E-state index in [0.29, 0.717) is 39.3 Å². The molecule has 1 aromatic rings. The zero-order valence-corrected chi connectivity index (χ0v) is 21.3. The Morgan fingerprint density at radius 2 is 2.03 bits per heavy atom. The number of aliphatic imine (C=N–C) groups is 1. The van der Waals surface area contributed by atoms with Gasteiger partial charge in [0.2, 0.25) is 10.0 Å². The number of nitrogens with zero attached hydrogens (tertiary/aromatic N) is 3. The van der Waals surface area contributed by atoms with Gasteiger partial charge in [-0.3, -0.25) is 0 Å². The molecule has 10 heteroatoms. The number of hydrogen-bond acceptors (Lipinski definition) is 5. The molecule has 1 fully saturated rings. The fraction of sp³-hybridized carbons (Fsp3) is 0.650. The average molecular weight is 554 g/mol. The summed E-state index contributed by atoms with van der Waals surface area (Å²) in [5, 5.41) is 3.37. The molecule has 2 rings (SSSR count). The zero-order chi connectivity index (χ0) is 21.3. The van der Waals surface area contributed by atoms with Gasteiger partial charge in [-0.05, 0) is 32.9 Å².